The standard InChI is InChI=1S/C12H22O.C12H24O.C11H20O2.C11H20O.CH4/c1-10(13)12(7-5-6-8-12)9-11(2,3)4;1-7-12(8-2,10(3)13)9-11(4,5)6;1-11(2,3)9-7-5-4-6-8(9)10(12)13;1-7(12)8-9(10(2,3)4)11(8,5)6;/h5-9H2,1-4H3;7-9H2,1-6H3;8-9H,4-7H2,1-3H3,(H,12,13);8-9H,1-6H3;1H4. The van der Waals surface area contributed by atoms with Gasteiger partial charge in [-0.25, -0.2) is 0 Å². The summed E-state index contributed by atoms with van der Waals surface area (Å²) < 4.78 is 0. The molecule has 0 aliphatic heterocycles. The van der Waals surface area contributed by atoms with Crippen molar-refractivity contribution in [3.05, 3.63) is 0 Å². The molecule has 0 aromatic heterocycles. The lowest BCUT2D eigenvalue weighted by atomic mass is 9.66. The maximum absolute atomic E-state index is 11.6. The zero-order chi connectivity index (χ0) is 40.6. The van der Waals surface area contributed by atoms with Crippen molar-refractivity contribution in [3.63, 3.8) is 0 Å². The van der Waals surface area contributed by atoms with E-state index in [9.17, 15) is 19.2 Å². The molecule has 3 rings (SSSR count). The summed E-state index contributed by atoms with van der Waals surface area (Å²) in [5.74, 6) is 1.67. The Bertz CT molecular complexity index is 1090. The molecule has 308 valence electrons. The highest BCUT2D eigenvalue weighted by molar-refractivity contribution is 5.83. The van der Waals surface area contributed by atoms with Gasteiger partial charge in [-0.1, -0.05) is 144 Å². The second-order valence-corrected chi connectivity index (χ2v) is 22.0. The molecule has 0 saturated heterocycles. The minimum atomic E-state index is -0.598. The number of rotatable bonds is 8. The Morgan fingerprint density at radius 2 is 1.12 bits per heavy atom. The summed E-state index contributed by atoms with van der Waals surface area (Å²) >= 11 is 0. The van der Waals surface area contributed by atoms with E-state index in [1.54, 1.807) is 20.8 Å². The molecule has 0 bridgehead atoms. The second kappa shape index (κ2) is 19.9. The van der Waals surface area contributed by atoms with E-state index in [4.69, 9.17) is 5.11 Å². The zero-order valence-corrected chi connectivity index (χ0v) is 37.4. The van der Waals surface area contributed by atoms with Gasteiger partial charge in [0.05, 0.1) is 5.92 Å². The van der Waals surface area contributed by atoms with Gasteiger partial charge in [-0.2, -0.15) is 0 Å². The number of Topliss-reactive ketones (excluding diaryl/α,β-unsaturated/α-hetero) is 3. The summed E-state index contributed by atoms with van der Waals surface area (Å²) in [6.45, 7) is 40.3. The number of carboxylic acids is 1. The SMILES string of the molecule is C.CC(=O)C1(CC(C)(C)C)CCCC1.CC(=O)C1C(C(C)(C)C)C1(C)C.CC(C)(C)C1CCCCC1C(=O)O.CCC(CC)(CC(C)(C)C)C(C)=O. The number of hydrogen-bond acceptors (Lipinski definition) is 4. The van der Waals surface area contributed by atoms with Crippen LogP contribution in [0.4, 0.5) is 0 Å². The molecule has 3 saturated carbocycles. The Kier molecular flexibility index (Phi) is 20.1. The van der Waals surface area contributed by atoms with E-state index < -0.39 is 5.97 Å². The molecule has 4 unspecified atom stereocenters. The molecule has 0 radical (unpaired) electrons. The molecule has 3 aliphatic carbocycles. The Labute approximate surface area is 324 Å². The molecule has 1 N–H and O–H groups in total. The molecule has 52 heavy (non-hydrogen) atoms. The van der Waals surface area contributed by atoms with E-state index in [1.807, 2.05) is 0 Å². The quantitative estimate of drug-likeness (QED) is 0.268. The first-order valence-corrected chi connectivity index (χ1v) is 20.5. The van der Waals surface area contributed by atoms with Gasteiger partial charge in [0.25, 0.3) is 0 Å². The van der Waals surface area contributed by atoms with Crippen molar-refractivity contribution in [3.8, 4) is 0 Å². The third-order valence-electron chi connectivity index (χ3n) is 12.5. The third kappa shape index (κ3) is 16.1. The molecule has 5 heteroatoms. The fourth-order valence-corrected chi connectivity index (χ4v) is 10.3. The number of hydrogen-bond donors (Lipinski definition) is 1. The Morgan fingerprint density at radius 1 is 0.673 bits per heavy atom. The van der Waals surface area contributed by atoms with Gasteiger partial charge in [-0.3, -0.25) is 19.2 Å². The molecule has 0 amide bonds. The van der Waals surface area contributed by atoms with Gasteiger partial charge < -0.3 is 5.11 Å². The Morgan fingerprint density at radius 3 is 1.33 bits per heavy atom. The second-order valence-electron chi connectivity index (χ2n) is 22.0. The van der Waals surface area contributed by atoms with E-state index in [0.29, 0.717) is 35.1 Å². The highest BCUT2D eigenvalue weighted by atomic mass is 16.4. The van der Waals surface area contributed by atoms with Crippen LogP contribution in [0.3, 0.4) is 0 Å². The average molecular weight is 735 g/mol. The first kappa shape index (κ1) is 52.6. The summed E-state index contributed by atoms with van der Waals surface area (Å²) in [4.78, 5) is 45.5. The normalized spacial score (nSPS) is 23.9. The van der Waals surface area contributed by atoms with E-state index in [0.717, 1.165) is 57.8 Å². The Hall–Kier alpha value is -1.52. The third-order valence-corrected chi connectivity index (χ3v) is 12.5. The first-order chi connectivity index (χ1) is 22.7. The summed E-state index contributed by atoms with van der Waals surface area (Å²) in [6.07, 6.45) is 13.0. The average Bonchev–Trinajstić information content (AvgIpc) is 3.28. The van der Waals surface area contributed by atoms with Gasteiger partial charge in [0.15, 0.2) is 0 Å². The fraction of sp³-hybridized carbons (Fsp3) is 0.915. The van der Waals surface area contributed by atoms with Crippen LogP contribution in [-0.4, -0.2) is 28.4 Å². The lowest BCUT2D eigenvalue weighted by molar-refractivity contribution is -0.147. The first-order valence-electron chi connectivity index (χ1n) is 20.5. The van der Waals surface area contributed by atoms with Gasteiger partial charge in [0.2, 0.25) is 0 Å². The van der Waals surface area contributed by atoms with Crippen LogP contribution in [0.2, 0.25) is 0 Å². The van der Waals surface area contributed by atoms with Crippen molar-refractivity contribution in [2.45, 2.75) is 216 Å². The van der Waals surface area contributed by atoms with Gasteiger partial charge in [0.1, 0.15) is 17.3 Å². The van der Waals surface area contributed by atoms with Crippen molar-refractivity contribution in [2.24, 2.45) is 61.6 Å². The van der Waals surface area contributed by atoms with Crippen molar-refractivity contribution >= 4 is 23.3 Å². The Balaban J connectivity index is 0. The summed E-state index contributed by atoms with van der Waals surface area (Å²) in [7, 11) is 0. The van der Waals surface area contributed by atoms with Crippen LogP contribution in [0.15, 0.2) is 0 Å². The predicted molar refractivity (Wildman–Crippen MR) is 224 cm³/mol. The smallest absolute Gasteiger partial charge is 0.306 e. The topological polar surface area (TPSA) is 88.5 Å². The van der Waals surface area contributed by atoms with Crippen LogP contribution in [0.5, 0.6) is 0 Å². The minimum Gasteiger partial charge on any atom is -0.481 e. The van der Waals surface area contributed by atoms with Crippen LogP contribution in [0.25, 0.3) is 0 Å². The van der Waals surface area contributed by atoms with E-state index in [-0.39, 0.29) is 51.2 Å². The van der Waals surface area contributed by atoms with Crippen LogP contribution in [0.1, 0.15) is 216 Å². The van der Waals surface area contributed by atoms with Gasteiger partial charge in [0, 0.05) is 16.7 Å². The van der Waals surface area contributed by atoms with Crippen molar-refractivity contribution in [1.29, 1.82) is 0 Å². The number of carboxylic acid groups (broad SMARTS) is 1. The van der Waals surface area contributed by atoms with E-state index in [1.165, 1.54) is 19.3 Å². The van der Waals surface area contributed by atoms with Crippen molar-refractivity contribution in [2.75, 3.05) is 0 Å². The van der Waals surface area contributed by atoms with Crippen molar-refractivity contribution in [1.82, 2.24) is 0 Å². The molecule has 4 atom stereocenters. The molecular weight excluding hydrogens is 645 g/mol. The van der Waals surface area contributed by atoms with Crippen LogP contribution in [-0.2, 0) is 19.2 Å². The van der Waals surface area contributed by atoms with Crippen molar-refractivity contribution < 1.29 is 24.3 Å². The number of carbonyl (C=O) groups is 4. The zero-order valence-electron chi connectivity index (χ0n) is 37.4. The number of aliphatic carboxylic acids is 1. The molecular formula is C47H90O5. The molecule has 0 heterocycles. The van der Waals surface area contributed by atoms with Crippen LogP contribution in [0, 0.1) is 61.6 Å². The molecule has 0 aromatic rings. The summed E-state index contributed by atoms with van der Waals surface area (Å²) in [5.41, 5.74) is 1.16. The maximum atomic E-state index is 11.6. The van der Waals surface area contributed by atoms with E-state index in [2.05, 4.69) is 111 Å². The largest absolute Gasteiger partial charge is 0.481 e. The fourth-order valence-electron chi connectivity index (χ4n) is 10.3. The molecule has 5 nitrogen and oxygen atoms in total. The highest BCUT2D eigenvalue weighted by Crippen LogP contribution is 2.65. The minimum absolute atomic E-state index is 0. The highest BCUT2D eigenvalue weighted by Gasteiger charge is 2.64. The van der Waals surface area contributed by atoms with Crippen LogP contribution >= 0.6 is 0 Å². The molecule has 0 aromatic carbocycles. The number of carbonyl (C=O) groups excluding carboxylic acids is 3. The monoisotopic (exact) mass is 735 g/mol. The summed E-state index contributed by atoms with van der Waals surface area (Å²) in [6, 6.07) is 0. The number of ketones is 3. The summed E-state index contributed by atoms with van der Waals surface area (Å²) in [5, 5.41) is 9.07. The van der Waals surface area contributed by atoms with E-state index >= 15 is 0 Å². The molecule has 3 aliphatic rings. The van der Waals surface area contributed by atoms with Gasteiger partial charge in [-0.05, 0) is 111 Å². The lowest BCUT2D eigenvalue weighted by Gasteiger charge is -2.38. The van der Waals surface area contributed by atoms with Gasteiger partial charge in [-0.15, -0.1) is 0 Å². The lowest BCUT2D eigenvalue weighted by Crippen LogP contribution is -2.35. The molecule has 0 spiro atoms. The molecule has 3 fully saturated rings. The van der Waals surface area contributed by atoms with Gasteiger partial charge >= 0.3 is 5.97 Å². The van der Waals surface area contributed by atoms with Crippen LogP contribution < -0.4 is 0 Å². The predicted octanol–water partition coefficient (Wildman–Crippen LogP) is 13.8. The maximum Gasteiger partial charge on any atom is 0.306 e.